The van der Waals surface area contributed by atoms with Crippen molar-refractivity contribution in [3.05, 3.63) is 23.8 Å². The summed E-state index contributed by atoms with van der Waals surface area (Å²) in [6, 6.07) is 5.31. The SMILES string of the molecule is Cc1ccc(OC(N)=O)c(OCCCBr)c1. The molecule has 88 valence electrons. The van der Waals surface area contributed by atoms with E-state index in [-0.39, 0.29) is 0 Å². The molecule has 5 heteroatoms. The number of hydrogen-bond donors (Lipinski definition) is 1. The monoisotopic (exact) mass is 287 g/mol. The lowest BCUT2D eigenvalue weighted by molar-refractivity contribution is 0.207. The third-order valence-electron chi connectivity index (χ3n) is 1.85. The van der Waals surface area contributed by atoms with Crippen molar-refractivity contribution in [3.8, 4) is 11.5 Å². The van der Waals surface area contributed by atoms with Crippen molar-refractivity contribution in [3.63, 3.8) is 0 Å². The van der Waals surface area contributed by atoms with E-state index in [0.29, 0.717) is 18.1 Å². The number of carbonyl (C=O) groups excluding carboxylic acids is 1. The van der Waals surface area contributed by atoms with Gasteiger partial charge in [-0.3, -0.25) is 0 Å². The minimum Gasteiger partial charge on any atom is -0.490 e. The Balaban J connectivity index is 2.76. The molecule has 0 saturated heterocycles. The highest BCUT2D eigenvalue weighted by Gasteiger charge is 2.07. The van der Waals surface area contributed by atoms with Crippen molar-refractivity contribution in [2.75, 3.05) is 11.9 Å². The Morgan fingerprint density at radius 3 is 2.81 bits per heavy atom. The summed E-state index contributed by atoms with van der Waals surface area (Å²) in [4.78, 5) is 10.7. The molecule has 0 aliphatic carbocycles. The van der Waals surface area contributed by atoms with E-state index in [1.807, 2.05) is 19.1 Å². The van der Waals surface area contributed by atoms with Crippen LogP contribution in [0.5, 0.6) is 11.5 Å². The van der Waals surface area contributed by atoms with Gasteiger partial charge >= 0.3 is 6.09 Å². The Labute approximate surface area is 103 Å². The summed E-state index contributed by atoms with van der Waals surface area (Å²) >= 11 is 3.31. The molecule has 16 heavy (non-hydrogen) atoms. The molecule has 1 amide bonds. The van der Waals surface area contributed by atoms with Crippen LogP contribution < -0.4 is 15.2 Å². The van der Waals surface area contributed by atoms with Gasteiger partial charge in [0, 0.05) is 5.33 Å². The van der Waals surface area contributed by atoms with E-state index in [1.165, 1.54) is 0 Å². The van der Waals surface area contributed by atoms with Gasteiger partial charge in [-0.2, -0.15) is 0 Å². The highest BCUT2D eigenvalue weighted by Crippen LogP contribution is 2.28. The van der Waals surface area contributed by atoms with Crippen molar-refractivity contribution < 1.29 is 14.3 Å². The summed E-state index contributed by atoms with van der Waals surface area (Å²) in [6.07, 6.45) is 0.0402. The van der Waals surface area contributed by atoms with E-state index in [1.54, 1.807) is 6.07 Å². The number of halogens is 1. The van der Waals surface area contributed by atoms with Gasteiger partial charge in [-0.15, -0.1) is 0 Å². The molecule has 0 heterocycles. The third kappa shape index (κ3) is 4.10. The van der Waals surface area contributed by atoms with Crippen molar-refractivity contribution in [1.82, 2.24) is 0 Å². The zero-order valence-electron chi connectivity index (χ0n) is 9.03. The first-order valence-corrected chi connectivity index (χ1v) is 6.02. The van der Waals surface area contributed by atoms with Gasteiger partial charge in [0.15, 0.2) is 11.5 Å². The van der Waals surface area contributed by atoms with Gasteiger partial charge in [-0.05, 0) is 31.0 Å². The molecule has 2 N–H and O–H groups in total. The molecule has 0 spiro atoms. The normalized spacial score (nSPS) is 9.88. The standard InChI is InChI=1S/C11H14BrNO3/c1-8-3-4-9(16-11(13)14)10(7-8)15-6-2-5-12/h3-4,7H,2,5-6H2,1H3,(H2,13,14). The number of carbonyl (C=O) groups is 1. The van der Waals surface area contributed by atoms with Gasteiger partial charge in [0.25, 0.3) is 0 Å². The molecule has 1 aromatic rings. The van der Waals surface area contributed by atoms with Crippen molar-refractivity contribution in [2.24, 2.45) is 5.73 Å². The van der Waals surface area contributed by atoms with E-state index in [0.717, 1.165) is 17.3 Å². The predicted molar refractivity (Wildman–Crippen MR) is 65.3 cm³/mol. The minimum absolute atomic E-state index is 0.354. The number of nitrogens with two attached hydrogens (primary N) is 1. The second-order valence-corrected chi connectivity index (χ2v) is 4.06. The second kappa shape index (κ2) is 6.37. The van der Waals surface area contributed by atoms with Crippen molar-refractivity contribution in [1.29, 1.82) is 0 Å². The van der Waals surface area contributed by atoms with Crippen LogP contribution in [0.1, 0.15) is 12.0 Å². The van der Waals surface area contributed by atoms with Crippen molar-refractivity contribution >= 4 is 22.0 Å². The molecule has 0 fully saturated rings. The minimum atomic E-state index is -0.839. The second-order valence-electron chi connectivity index (χ2n) is 3.26. The van der Waals surface area contributed by atoms with E-state index in [2.05, 4.69) is 15.9 Å². The van der Waals surface area contributed by atoms with Crippen LogP contribution in [0, 0.1) is 6.92 Å². The van der Waals surface area contributed by atoms with Crippen LogP contribution in [0.2, 0.25) is 0 Å². The number of amides is 1. The van der Waals surface area contributed by atoms with Gasteiger partial charge in [-0.25, -0.2) is 4.79 Å². The third-order valence-corrected chi connectivity index (χ3v) is 2.41. The summed E-state index contributed by atoms with van der Waals surface area (Å²) in [5.41, 5.74) is 6.00. The summed E-state index contributed by atoms with van der Waals surface area (Å²) in [5.74, 6) is 0.896. The highest BCUT2D eigenvalue weighted by molar-refractivity contribution is 9.09. The zero-order chi connectivity index (χ0) is 12.0. The summed E-state index contributed by atoms with van der Waals surface area (Å²) < 4.78 is 10.3. The van der Waals surface area contributed by atoms with E-state index in [4.69, 9.17) is 15.2 Å². The first-order chi connectivity index (χ1) is 7.63. The fourth-order valence-corrected chi connectivity index (χ4v) is 1.39. The van der Waals surface area contributed by atoms with Crippen LogP contribution in [-0.2, 0) is 0 Å². The Hall–Kier alpha value is -1.23. The number of primary amides is 1. The molecule has 0 bridgehead atoms. The van der Waals surface area contributed by atoms with Gasteiger partial charge in [0.2, 0.25) is 0 Å². The zero-order valence-corrected chi connectivity index (χ0v) is 10.6. The van der Waals surface area contributed by atoms with Crippen LogP contribution in [0.4, 0.5) is 4.79 Å². The predicted octanol–water partition coefficient (Wildman–Crippen LogP) is 2.62. The van der Waals surface area contributed by atoms with Crippen LogP contribution in [0.15, 0.2) is 18.2 Å². The summed E-state index contributed by atoms with van der Waals surface area (Å²) in [6.45, 7) is 2.50. The van der Waals surface area contributed by atoms with Crippen LogP contribution in [0.25, 0.3) is 0 Å². The average Bonchev–Trinajstić information content (AvgIpc) is 2.22. The number of rotatable bonds is 5. The quantitative estimate of drug-likeness (QED) is 0.669. The molecule has 1 aromatic carbocycles. The van der Waals surface area contributed by atoms with Gasteiger partial charge in [0.1, 0.15) is 0 Å². The first kappa shape index (κ1) is 12.8. The maximum Gasteiger partial charge on any atom is 0.410 e. The molecule has 4 nitrogen and oxygen atoms in total. The fraction of sp³-hybridized carbons (Fsp3) is 0.364. The van der Waals surface area contributed by atoms with Gasteiger partial charge in [0.05, 0.1) is 6.61 Å². The lowest BCUT2D eigenvalue weighted by Crippen LogP contribution is -2.17. The van der Waals surface area contributed by atoms with Gasteiger partial charge < -0.3 is 15.2 Å². The highest BCUT2D eigenvalue weighted by atomic mass is 79.9. The maximum atomic E-state index is 10.7. The number of benzene rings is 1. The molecule has 0 atom stereocenters. The molecular weight excluding hydrogens is 274 g/mol. The Bertz CT molecular complexity index is 368. The molecular formula is C11H14BrNO3. The lowest BCUT2D eigenvalue weighted by atomic mass is 10.2. The molecule has 0 radical (unpaired) electrons. The molecule has 1 rings (SSSR count). The lowest BCUT2D eigenvalue weighted by Gasteiger charge is -2.10. The Kier molecular flexibility index (Phi) is 5.11. The summed E-state index contributed by atoms with van der Waals surface area (Å²) in [7, 11) is 0. The van der Waals surface area contributed by atoms with E-state index >= 15 is 0 Å². The first-order valence-electron chi connectivity index (χ1n) is 4.90. The smallest absolute Gasteiger partial charge is 0.410 e. The van der Waals surface area contributed by atoms with E-state index < -0.39 is 6.09 Å². The summed E-state index contributed by atoms with van der Waals surface area (Å²) in [5, 5.41) is 0.866. The largest absolute Gasteiger partial charge is 0.490 e. The van der Waals surface area contributed by atoms with Crippen LogP contribution in [-0.4, -0.2) is 18.0 Å². The molecule has 0 saturated carbocycles. The van der Waals surface area contributed by atoms with Crippen molar-refractivity contribution in [2.45, 2.75) is 13.3 Å². The van der Waals surface area contributed by atoms with Crippen LogP contribution >= 0.6 is 15.9 Å². The number of alkyl halides is 1. The van der Waals surface area contributed by atoms with Gasteiger partial charge in [-0.1, -0.05) is 22.0 Å². The number of ether oxygens (including phenoxy) is 2. The van der Waals surface area contributed by atoms with E-state index in [9.17, 15) is 4.79 Å². The number of aryl methyl sites for hydroxylation is 1. The molecule has 0 unspecified atom stereocenters. The van der Waals surface area contributed by atoms with Crippen LogP contribution in [0.3, 0.4) is 0 Å². The molecule has 0 aliphatic rings. The number of hydrogen-bond acceptors (Lipinski definition) is 3. The topological polar surface area (TPSA) is 61.5 Å². The Morgan fingerprint density at radius 1 is 1.44 bits per heavy atom. The fourth-order valence-electron chi connectivity index (χ4n) is 1.16. The molecule has 0 aliphatic heterocycles. The average molecular weight is 288 g/mol. The molecule has 0 aromatic heterocycles. The maximum absolute atomic E-state index is 10.7. The Morgan fingerprint density at radius 2 is 2.19 bits per heavy atom.